The fourth-order valence-electron chi connectivity index (χ4n) is 4.81. The molecule has 1 N–H and O–H groups in total. The maximum Gasteiger partial charge on any atom is 0.115 e. The van der Waals surface area contributed by atoms with E-state index in [0.29, 0.717) is 17.6 Å². The molecule has 4 atom stereocenters. The Hall–Kier alpha value is -2.61. The van der Waals surface area contributed by atoms with Crippen LogP contribution in [0.2, 0.25) is 0 Å². The zero-order valence-electron chi connectivity index (χ0n) is 15.5. The van der Waals surface area contributed by atoms with Crippen molar-refractivity contribution in [1.82, 2.24) is 0 Å². The Morgan fingerprint density at radius 3 is 2.74 bits per heavy atom. The highest BCUT2D eigenvalue weighted by Crippen LogP contribution is 2.53. The molecule has 2 heteroatoms. The third kappa shape index (κ3) is 3.25. The van der Waals surface area contributed by atoms with Crippen LogP contribution in [0.25, 0.3) is 0 Å². The molecule has 0 saturated heterocycles. The highest BCUT2D eigenvalue weighted by Gasteiger charge is 2.43. The Bertz CT molecular complexity index is 910. The Kier molecular flexibility index (Phi) is 4.20. The van der Waals surface area contributed by atoms with Crippen LogP contribution in [0.1, 0.15) is 24.8 Å². The third-order valence-electron chi connectivity index (χ3n) is 6.28. The number of hydrogen-bond donors (Lipinski definition) is 1. The second kappa shape index (κ2) is 6.84. The summed E-state index contributed by atoms with van der Waals surface area (Å²) in [5, 5.41) is 9.59. The number of fused-ring (bicyclic) bond motifs is 1. The SMILES string of the molecule is Oc1ccc(C2=NCCC(C(C3=CC=CC4CC34)C3C=CC=CC3)=C2)cc1. The van der Waals surface area contributed by atoms with Gasteiger partial charge in [-0.15, -0.1) is 0 Å². The molecule has 5 rings (SSSR count). The van der Waals surface area contributed by atoms with E-state index in [1.807, 2.05) is 12.1 Å². The predicted octanol–water partition coefficient (Wildman–Crippen LogP) is 5.39. The van der Waals surface area contributed by atoms with Crippen molar-refractivity contribution in [2.24, 2.45) is 28.7 Å². The van der Waals surface area contributed by atoms with E-state index in [-0.39, 0.29) is 0 Å². The minimum Gasteiger partial charge on any atom is -0.508 e. The molecular formula is C25H25NO. The molecule has 0 radical (unpaired) electrons. The Morgan fingerprint density at radius 2 is 1.93 bits per heavy atom. The van der Waals surface area contributed by atoms with Gasteiger partial charge >= 0.3 is 0 Å². The summed E-state index contributed by atoms with van der Waals surface area (Å²) in [7, 11) is 0. The molecular weight excluding hydrogens is 330 g/mol. The first-order valence-corrected chi connectivity index (χ1v) is 10.1. The minimum atomic E-state index is 0.301. The van der Waals surface area contributed by atoms with Crippen LogP contribution >= 0.6 is 0 Å². The highest BCUT2D eigenvalue weighted by atomic mass is 16.3. The van der Waals surface area contributed by atoms with Gasteiger partial charge in [-0.2, -0.15) is 0 Å². The first kappa shape index (κ1) is 16.6. The lowest BCUT2D eigenvalue weighted by molar-refractivity contribution is 0.475. The van der Waals surface area contributed by atoms with E-state index >= 15 is 0 Å². The van der Waals surface area contributed by atoms with Gasteiger partial charge in [-0.05, 0) is 72.9 Å². The fraction of sp³-hybridized carbons (Fsp3) is 0.320. The van der Waals surface area contributed by atoms with Crippen LogP contribution in [0.4, 0.5) is 0 Å². The second-order valence-corrected chi connectivity index (χ2v) is 8.03. The molecule has 1 heterocycles. The number of allylic oxidation sites excluding steroid dienone is 9. The molecule has 1 aromatic rings. The van der Waals surface area contributed by atoms with Gasteiger partial charge in [0.2, 0.25) is 0 Å². The zero-order valence-corrected chi connectivity index (χ0v) is 15.5. The van der Waals surface area contributed by atoms with Crippen molar-refractivity contribution < 1.29 is 5.11 Å². The molecule has 0 spiro atoms. The molecule has 4 unspecified atom stereocenters. The number of nitrogens with zero attached hydrogens (tertiary/aromatic N) is 1. The van der Waals surface area contributed by atoms with E-state index in [1.54, 1.807) is 17.7 Å². The van der Waals surface area contributed by atoms with Crippen molar-refractivity contribution >= 4 is 5.71 Å². The van der Waals surface area contributed by atoms with Gasteiger partial charge in [-0.3, -0.25) is 4.99 Å². The van der Waals surface area contributed by atoms with E-state index in [2.05, 4.69) is 48.6 Å². The van der Waals surface area contributed by atoms with Crippen LogP contribution in [0.15, 0.2) is 89.0 Å². The average molecular weight is 355 g/mol. The largest absolute Gasteiger partial charge is 0.508 e. The molecule has 136 valence electrons. The van der Waals surface area contributed by atoms with E-state index < -0.39 is 0 Å². The molecule has 2 nitrogen and oxygen atoms in total. The Balaban J connectivity index is 1.51. The van der Waals surface area contributed by atoms with Gasteiger partial charge in [0.05, 0.1) is 5.71 Å². The van der Waals surface area contributed by atoms with Crippen molar-refractivity contribution in [2.45, 2.75) is 19.3 Å². The number of aromatic hydroxyl groups is 1. The molecule has 1 aliphatic heterocycles. The second-order valence-electron chi connectivity index (χ2n) is 8.03. The van der Waals surface area contributed by atoms with Crippen molar-refractivity contribution in [3.05, 3.63) is 89.6 Å². The standard InChI is InChI=1S/C25H25NO/c27-21-11-9-17(10-12-21)24-16-20(13-14-26-24)25(18-5-2-1-3-6-18)22-8-4-7-19-15-23(19)22/h1-5,7-12,16,18-19,23,25,27H,6,13-15H2. The van der Waals surface area contributed by atoms with Crippen LogP contribution in [0, 0.1) is 23.7 Å². The molecule has 0 aromatic heterocycles. The maximum atomic E-state index is 9.59. The predicted molar refractivity (Wildman–Crippen MR) is 111 cm³/mol. The maximum absolute atomic E-state index is 9.59. The van der Waals surface area contributed by atoms with Gasteiger partial charge in [0.15, 0.2) is 0 Å². The van der Waals surface area contributed by atoms with Crippen LogP contribution in [-0.2, 0) is 0 Å². The lowest BCUT2D eigenvalue weighted by atomic mass is 9.73. The van der Waals surface area contributed by atoms with E-state index in [9.17, 15) is 5.11 Å². The quantitative estimate of drug-likeness (QED) is 0.771. The first-order chi connectivity index (χ1) is 13.3. The molecule has 1 aromatic carbocycles. The average Bonchev–Trinajstić information content (AvgIpc) is 3.51. The summed E-state index contributed by atoms with van der Waals surface area (Å²) in [4.78, 5) is 4.77. The summed E-state index contributed by atoms with van der Waals surface area (Å²) >= 11 is 0. The van der Waals surface area contributed by atoms with Gasteiger partial charge in [-0.1, -0.05) is 53.7 Å². The van der Waals surface area contributed by atoms with Crippen molar-refractivity contribution in [3.8, 4) is 5.75 Å². The van der Waals surface area contributed by atoms with Crippen LogP contribution in [0.3, 0.4) is 0 Å². The molecule has 4 aliphatic rings. The van der Waals surface area contributed by atoms with Crippen molar-refractivity contribution in [2.75, 3.05) is 6.54 Å². The van der Waals surface area contributed by atoms with E-state index in [0.717, 1.165) is 42.5 Å². The molecule has 0 bridgehead atoms. The number of rotatable bonds is 4. The number of dihydropyridines is 1. The van der Waals surface area contributed by atoms with E-state index in [4.69, 9.17) is 4.99 Å². The summed E-state index contributed by atoms with van der Waals surface area (Å²) < 4.78 is 0. The Labute approximate surface area is 161 Å². The molecule has 1 fully saturated rings. The Morgan fingerprint density at radius 1 is 1.04 bits per heavy atom. The van der Waals surface area contributed by atoms with Crippen molar-refractivity contribution in [3.63, 3.8) is 0 Å². The van der Waals surface area contributed by atoms with Gasteiger partial charge < -0.3 is 5.11 Å². The number of phenols is 1. The van der Waals surface area contributed by atoms with Gasteiger partial charge in [0.25, 0.3) is 0 Å². The zero-order chi connectivity index (χ0) is 18.2. The van der Waals surface area contributed by atoms with Crippen LogP contribution < -0.4 is 0 Å². The summed E-state index contributed by atoms with van der Waals surface area (Å²) in [5.74, 6) is 2.84. The summed E-state index contributed by atoms with van der Waals surface area (Å²) in [6, 6.07) is 7.42. The van der Waals surface area contributed by atoms with Gasteiger partial charge in [0, 0.05) is 12.5 Å². The molecule has 3 aliphatic carbocycles. The lowest BCUT2D eigenvalue weighted by Gasteiger charge is -2.32. The first-order valence-electron chi connectivity index (χ1n) is 10.1. The summed E-state index contributed by atoms with van der Waals surface area (Å²) in [6.45, 7) is 0.849. The number of aliphatic imine (C=N–C) groups is 1. The normalized spacial score (nSPS) is 29.5. The van der Waals surface area contributed by atoms with E-state index in [1.165, 1.54) is 12.0 Å². The molecule has 1 saturated carbocycles. The topological polar surface area (TPSA) is 32.6 Å². The molecule has 0 amide bonds. The van der Waals surface area contributed by atoms with Gasteiger partial charge in [0.1, 0.15) is 5.75 Å². The highest BCUT2D eigenvalue weighted by molar-refractivity contribution is 6.09. The van der Waals surface area contributed by atoms with Crippen molar-refractivity contribution in [1.29, 1.82) is 0 Å². The summed E-state index contributed by atoms with van der Waals surface area (Å²) in [6.07, 6.45) is 21.9. The molecule has 27 heavy (non-hydrogen) atoms. The van der Waals surface area contributed by atoms with Crippen LogP contribution in [0.5, 0.6) is 5.75 Å². The fourth-order valence-corrected chi connectivity index (χ4v) is 4.81. The number of hydrogen-bond acceptors (Lipinski definition) is 2. The monoisotopic (exact) mass is 355 g/mol. The number of benzene rings is 1. The number of phenolic OH excluding ortho intramolecular Hbond substituents is 1. The smallest absolute Gasteiger partial charge is 0.115 e. The van der Waals surface area contributed by atoms with Gasteiger partial charge in [-0.25, -0.2) is 0 Å². The lowest BCUT2D eigenvalue weighted by Crippen LogP contribution is -2.23. The third-order valence-corrected chi connectivity index (χ3v) is 6.28. The summed E-state index contributed by atoms with van der Waals surface area (Å²) in [5.41, 5.74) is 5.29. The van der Waals surface area contributed by atoms with Crippen LogP contribution in [-0.4, -0.2) is 17.4 Å². The minimum absolute atomic E-state index is 0.301.